The van der Waals surface area contributed by atoms with Crippen LogP contribution >= 0.6 is 12.4 Å². The van der Waals surface area contributed by atoms with Crippen LogP contribution in [0.5, 0.6) is 0 Å². The Bertz CT molecular complexity index is 658. The lowest BCUT2D eigenvalue weighted by Gasteiger charge is -2.36. The third-order valence-corrected chi connectivity index (χ3v) is 4.82. The summed E-state index contributed by atoms with van der Waals surface area (Å²) in [6, 6.07) is 19.6. The first kappa shape index (κ1) is 19.4. The Morgan fingerprint density at radius 3 is 2.20 bits per heavy atom. The second-order valence-electron chi connectivity index (χ2n) is 6.29. The van der Waals surface area contributed by atoms with Gasteiger partial charge in [-0.1, -0.05) is 60.7 Å². The van der Waals surface area contributed by atoms with Crippen LogP contribution in [0.2, 0.25) is 0 Å². The minimum atomic E-state index is -0.518. The highest BCUT2D eigenvalue weighted by atomic mass is 35.5. The first-order valence-corrected chi connectivity index (χ1v) is 8.44. The van der Waals surface area contributed by atoms with Crippen molar-refractivity contribution in [3.63, 3.8) is 0 Å². The summed E-state index contributed by atoms with van der Waals surface area (Å²) in [6.07, 6.45) is 1.40. The molecule has 0 spiro atoms. The maximum absolute atomic E-state index is 13.0. The molecule has 3 N–H and O–H groups in total. The molecule has 1 amide bonds. The maximum Gasteiger partial charge on any atom is 0.230 e. The highest BCUT2D eigenvalue weighted by Crippen LogP contribution is 2.35. The van der Waals surface area contributed by atoms with E-state index in [2.05, 4.69) is 5.32 Å². The van der Waals surface area contributed by atoms with Crippen molar-refractivity contribution in [1.82, 2.24) is 5.32 Å². The topological polar surface area (TPSA) is 64.3 Å². The molecular formula is C20H25ClN2O2. The van der Waals surface area contributed by atoms with Crippen LogP contribution in [-0.2, 0) is 14.9 Å². The number of carbonyl (C=O) groups excluding carboxylic acids is 1. The van der Waals surface area contributed by atoms with Crippen LogP contribution < -0.4 is 11.1 Å². The van der Waals surface area contributed by atoms with Gasteiger partial charge in [0.05, 0.1) is 5.41 Å². The van der Waals surface area contributed by atoms with Crippen LogP contribution in [0.1, 0.15) is 30.0 Å². The Kier molecular flexibility index (Phi) is 7.00. The minimum Gasteiger partial charge on any atom is -0.381 e. The van der Waals surface area contributed by atoms with Crippen LogP contribution in [0.15, 0.2) is 60.7 Å². The lowest BCUT2D eigenvalue weighted by atomic mass is 9.73. The van der Waals surface area contributed by atoms with E-state index >= 15 is 0 Å². The van der Waals surface area contributed by atoms with Crippen molar-refractivity contribution in [2.45, 2.75) is 24.3 Å². The van der Waals surface area contributed by atoms with Crippen molar-refractivity contribution in [2.75, 3.05) is 19.8 Å². The van der Waals surface area contributed by atoms with E-state index in [-0.39, 0.29) is 24.4 Å². The number of carbonyl (C=O) groups is 1. The summed E-state index contributed by atoms with van der Waals surface area (Å²) in [7, 11) is 0. The van der Waals surface area contributed by atoms with Gasteiger partial charge in [0.15, 0.2) is 0 Å². The van der Waals surface area contributed by atoms with Gasteiger partial charge in [-0.05, 0) is 24.0 Å². The molecule has 1 saturated heterocycles. The number of nitrogens with one attached hydrogen (secondary N) is 1. The molecule has 3 rings (SSSR count). The quantitative estimate of drug-likeness (QED) is 0.861. The van der Waals surface area contributed by atoms with Crippen molar-refractivity contribution in [2.24, 2.45) is 5.73 Å². The third-order valence-electron chi connectivity index (χ3n) is 4.82. The fourth-order valence-electron chi connectivity index (χ4n) is 3.31. The highest BCUT2D eigenvalue weighted by molar-refractivity contribution is 5.88. The maximum atomic E-state index is 13.0. The number of halogens is 1. The van der Waals surface area contributed by atoms with Gasteiger partial charge >= 0.3 is 0 Å². The number of ether oxygens (including phenoxy) is 1. The standard InChI is InChI=1S/C20H24N2O2.ClH/c21-18(16-7-3-1-4-8-16)15-22-19(23)20(11-13-24-14-12-20)17-9-5-2-6-10-17;/h1-10,18H,11-15,21H2,(H,22,23);1H. The zero-order chi connectivity index (χ0) is 16.8. The molecule has 5 heteroatoms. The molecule has 0 saturated carbocycles. The van der Waals surface area contributed by atoms with Gasteiger partial charge in [-0.2, -0.15) is 0 Å². The number of rotatable bonds is 5. The van der Waals surface area contributed by atoms with Gasteiger partial charge in [-0.15, -0.1) is 12.4 Å². The molecular weight excluding hydrogens is 336 g/mol. The van der Waals surface area contributed by atoms with E-state index in [1.165, 1.54) is 0 Å². The average Bonchev–Trinajstić information content (AvgIpc) is 2.67. The Labute approximate surface area is 155 Å². The van der Waals surface area contributed by atoms with Crippen molar-refractivity contribution in [3.8, 4) is 0 Å². The molecule has 4 nitrogen and oxygen atoms in total. The van der Waals surface area contributed by atoms with Crippen molar-refractivity contribution < 1.29 is 9.53 Å². The Balaban J connectivity index is 0.00000225. The number of hydrogen-bond acceptors (Lipinski definition) is 3. The SMILES string of the molecule is Cl.NC(CNC(=O)C1(c2ccccc2)CCOCC1)c1ccccc1. The molecule has 2 aromatic rings. The smallest absolute Gasteiger partial charge is 0.230 e. The van der Waals surface area contributed by atoms with Gasteiger partial charge in [-0.25, -0.2) is 0 Å². The second kappa shape index (κ2) is 8.99. The summed E-state index contributed by atoms with van der Waals surface area (Å²) in [5, 5.41) is 3.07. The molecule has 1 atom stereocenters. The fourth-order valence-corrected chi connectivity index (χ4v) is 3.31. The molecule has 1 heterocycles. The second-order valence-corrected chi connectivity index (χ2v) is 6.29. The van der Waals surface area contributed by atoms with Crippen LogP contribution in [0.25, 0.3) is 0 Å². The molecule has 1 aliphatic rings. The predicted octanol–water partition coefficient (Wildman–Crippen LogP) is 2.97. The van der Waals surface area contributed by atoms with Crippen LogP contribution in [-0.4, -0.2) is 25.7 Å². The number of amides is 1. The van der Waals surface area contributed by atoms with Gasteiger partial charge in [-0.3, -0.25) is 4.79 Å². The lowest BCUT2D eigenvalue weighted by molar-refractivity contribution is -0.130. The summed E-state index contributed by atoms with van der Waals surface area (Å²) >= 11 is 0. The van der Waals surface area contributed by atoms with Crippen molar-refractivity contribution in [3.05, 3.63) is 71.8 Å². The Morgan fingerprint density at radius 1 is 1.04 bits per heavy atom. The molecule has 0 aromatic heterocycles. The zero-order valence-corrected chi connectivity index (χ0v) is 15.0. The Morgan fingerprint density at radius 2 is 1.60 bits per heavy atom. The van der Waals surface area contributed by atoms with E-state index < -0.39 is 5.41 Å². The summed E-state index contributed by atoms with van der Waals surface area (Å²) in [5.41, 5.74) is 7.78. The van der Waals surface area contributed by atoms with E-state index in [1.807, 2.05) is 60.7 Å². The van der Waals surface area contributed by atoms with Gasteiger partial charge in [0, 0.05) is 25.8 Å². The first-order valence-electron chi connectivity index (χ1n) is 8.44. The molecule has 134 valence electrons. The van der Waals surface area contributed by atoms with Gasteiger partial charge < -0.3 is 15.8 Å². The minimum absolute atomic E-state index is 0. The lowest BCUT2D eigenvalue weighted by Crippen LogP contribution is -2.49. The molecule has 2 aromatic carbocycles. The summed E-state index contributed by atoms with van der Waals surface area (Å²) in [6.45, 7) is 1.64. The van der Waals surface area contributed by atoms with Crippen molar-refractivity contribution >= 4 is 18.3 Å². The van der Waals surface area contributed by atoms with E-state index in [9.17, 15) is 4.79 Å². The monoisotopic (exact) mass is 360 g/mol. The molecule has 1 aliphatic heterocycles. The van der Waals surface area contributed by atoms with Gasteiger partial charge in [0.1, 0.15) is 0 Å². The number of nitrogens with two attached hydrogens (primary N) is 1. The normalized spacial score (nSPS) is 17.2. The Hall–Kier alpha value is -1.88. The molecule has 0 bridgehead atoms. The van der Waals surface area contributed by atoms with E-state index in [4.69, 9.17) is 10.5 Å². The first-order chi connectivity index (χ1) is 11.7. The predicted molar refractivity (Wildman–Crippen MR) is 102 cm³/mol. The van der Waals surface area contributed by atoms with Crippen LogP contribution in [0.4, 0.5) is 0 Å². The van der Waals surface area contributed by atoms with Gasteiger partial charge in [0.2, 0.25) is 5.91 Å². The molecule has 0 aliphatic carbocycles. The van der Waals surface area contributed by atoms with E-state index in [0.29, 0.717) is 32.6 Å². The summed E-state index contributed by atoms with van der Waals surface area (Å²) in [4.78, 5) is 13.0. The van der Waals surface area contributed by atoms with Crippen molar-refractivity contribution in [1.29, 1.82) is 0 Å². The largest absolute Gasteiger partial charge is 0.381 e. The number of hydrogen-bond donors (Lipinski definition) is 2. The van der Waals surface area contributed by atoms with E-state index in [1.54, 1.807) is 0 Å². The summed E-state index contributed by atoms with van der Waals surface area (Å²) < 4.78 is 5.49. The van der Waals surface area contributed by atoms with Crippen LogP contribution in [0, 0.1) is 0 Å². The fraction of sp³-hybridized carbons (Fsp3) is 0.350. The number of benzene rings is 2. The zero-order valence-electron chi connectivity index (χ0n) is 14.2. The molecule has 25 heavy (non-hydrogen) atoms. The summed E-state index contributed by atoms with van der Waals surface area (Å²) in [5.74, 6) is 0.0448. The molecule has 0 radical (unpaired) electrons. The average molecular weight is 361 g/mol. The molecule has 1 unspecified atom stereocenters. The molecule has 1 fully saturated rings. The third kappa shape index (κ3) is 4.40. The van der Waals surface area contributed by atoms with Gasteiger partial charge in [0.25, 0.3) is 0 Å². The van der Waals surface area contributed by atoms with Crippen LogP contribution in [0.3, 0.4) is 0 Å². The highest BCUT2D eigenvalue weighted by Gasteiger charge is 2.41. The van der Waals surface area contributed by atoms with E-state index in [0.717, 1.165) is 11.1 Å².